The second-order valence-corrected chi connectivity index (χ2v) is 8.64. The van der Waals surface area contributed by atoms with Crippen LogP contribution in [0.25, 0.3) is 0 Å². The van der Waals surface area contributed by atoms with Gasteiger partial charge in [-0.1, -0.05) is 28.1 Å². The summed E-state index contributed by atoms with van der Waals surface area (Å²) in [5.41, 5.74) is 2.41. The predicted molar refractivity (Wildman–Crippen MR) is 118 cm³/mol. The highest BCUT2D eigenvalue weighted by atomic mass is 79.9. The lowest BCUT2D eigenvalue weighted by Crippen LogP contribution is -2.31. The van der Waals surface area contributed by atoms with Crippen LogP contribution in [-0.4, -0.2) is 46.5 Å². The van der Waals surface area contributed by atoms with Crippen LogP contribution in [0.4, 0.5) is 5.69 Å². The highest BCUT2D eigenvalue weighted by Gasteiger charge is 2.35. The molecule has 0 spiro atoms. The molecule has 2 aromatic rings. The molecule has 0 aromatic heterocycles. The number of imide groups is 1. The summed E-state index contributed by atoms with van der Waals surface area (Å²) in [5, 5.41) is 2.85. The Morgan fingerprint density at radius 2 is 1.84 bits per heavy atom. The quantitative estimate of drug-likeness (QED) is 0.609. The third-order valence-corrected chi connectivity index (χ3v) is 5.97. The van der Waals surface area contributed by atoms with Crippen molar-refractivity contribution in [2.75, 3.05) is 18.4 Å². The minimum absolute atomic E-state index is 0.162. The van der Waals surface area contributed by atoms with Crippen LogP contribution in [0.15, 0.2) is 46.9 Å². The van der Waals surface area contributed by atoms with Crippen molar-refractivity contribution in [1.82, 2.24) is 9.80 Å². The zero-order chi connectivity index (χ0) is 22.0. The van der Waals surface area contributed by atoms with Gasteiger partial charge in [0.1, 0.15) is 0 Å². The Morgan fingerprint density at radius 1 is 1.03 bits per heavy atom. The van der Waals surface area contributed by atoms with Gasteiger partial charge in [0.05, 0.1) is 11.1 Å². The maximum absolute atomic E-state index is 12.5. The van der Waals surface area contributed by atoms with Crippen LogP contribution >= 0.6 is 15.9 Å². The van der Waals surface area contributed by atoms with Gasteiger partial charge in [0.15, 0.2) is 0 Å². The number of likely N-dealkylation sites (tertiary alicyclic amines) is 1. The number of fused-ring (bicyclic) bond motifs is 1. The summed E-state index contributed by atoms with van der Waals surface area (Å²) in [6.45, 7) is 1.50. The first-order valence-corrected chi connectivity index (χ1v) is 11.0. The normalized spacial score (nSPS) is 15.6. The van der Waals surface area contributed by atoms with E-state index in [1.807, 2.05) is 23.1 Å². The zero-order valence-corrected chi connectivity index (χ0v) is 18.5. The largest absolute Gasteiger partial charge is 0.338 e. The van der Waals surface area contributed by atoms with Crippen molar-refractivity contribution >= 4 is 45.2 Å². The minimum atomic E-state index is -0.328. The predicted octanol–water partition coefficient (Wildman–Crippen LogP) is 3.59. The van der Waals surface area contributed by atoms with Crippen molar-refractivity contribution in [2.45, 2.75) is 32.2 Å². The molecule has 2 aromatic carbocycles. The molecule has 4 amide bonds. The molecule has 7 nitrogen and oxygen atoms in total. The maximum atomic E-state index is 12.5. The van der Waals surface area contributed by atoms with E-state index < -0.39 is 0 Å². The first-order chi connectivity index (χ1) is 14.9. The first kappa shape index (κ1) is 21.2. The lowest BCUT2D eigenvalue weighted by molar-refractivity contribution is -0.128. The monoisotopic (exact) mass is 483 g/mol. The summed E-state index contributed by atoms with van der Waals surface area (Å²) in [5.74, 6) is -0.674. The summed E-state index contributed by atoms with van der Waals surface area (Å²) in [6, 6.07) is 12.5. The Hall–Kier alpha value is -3.00. The number of nitrogens with zero attached hydrogens (tertiary/aromatic N) is 2. The molecule has 0 radical (unpaired) electrons. The van der Waals surface area contributed by atoms with E-state index in [-0.39, 0.29) is 36.6 Å². The van der Waals surface area contributed by atoms with Crippen LogP contribution < -0.4 is 5.32 Å². The number of rotatable bonds is 7. The van der Waals surface area contributed by atoms with E-state index in [4.69, 9.17) is 0 Å². The number of benzene rings is 2. The molecule has 8 heteroatoms. The van der Waals surface area contributed by atoms with Crippen LogP contribution in [0.1, 0.15) is 52.0 Å². The van der Waals surface area contributed by atoms with Crippen molar-refractivity contribution in [3.8, 4) is 0 Å². The van der Waals surface area contributed by atoms with E-state index in [0.717, 1.165) is 23.0 Å². The molecule has 4 rings (SSSR count). The van der Waals surface area contributed by atoms with Crippen molar-refractivity contribution in [3.63, 3.8) is 0 Å². The van der Waals surface area contributed by atoms with Crippen LogP contribution in [-0.2, 0) is 16.1 Å². The van der Waals surface area contributed by atoms with E-state index in [2.05, 4.69) is 21.2 Å². The number of carbonyl (C=O) groups is 4. The molecule has 0 atom stereocenters. The van der Waals surface area contributed by atoms with Crippen LogP contribution in [0, 0.1) is 0 Å². The minimum Gasteiger partial charge on any atom is -0.338 e. The Kier molecular flexibility index (Phi) is 6.18. The van der Waals surface area contributed by atoms with Crippen LogP contribution in [0.2, 0.25) is 0 Å². The van der Waals surface area contributed by atoms with Gasteiger partial charge in [-0.05, 0) is 48.7 Å². The van der Waals surface area contributed by atoms with Crippen molar-refractivity contribution in [3.05, 3.63) is 63.6 Å². The number of carbonyl (C=O) groups excluding carboxylic acids is 4. The lowest BCUT2D eigenvalue weighted by atomic mass is 10.1. The van der Waals surface area contributed by atoms with E-state index in [1.54, 1.807) is 24.3 Å². The molecule has 31 heavy (non-hydrogen) atoms. The van der Waals surface area contributed by atoms with Crippen LogP contribution in [0.3, 0.4) is 0 Å². The van der Waals surface area contributed by atoms with E-state index in [0.29, 0.717) is 36.2 Å². The molecule has 2 aliphatic heterocycles. The third kappa shape index (κ3) is 4.69. The summed E-state index contributed by atoms with van der Waals surface area (Å²) in [7, 11) is 0. The molecule has 2 heterocycles. The molecule has 1 fully saturated rings. The zero-order valence-electron chi connectivity index (χ0n) is 16.9. The molecule has 0 unspecified atom stereocenters. The maximum Gasteiger partial charge on any atom is 0.261 e. The smallest absolute Gasteiger partial charge is 0.261 e. The molecular weight excluding hydrogens is 462 g/mol. The van der Waals surface area contributed by atoms with E-state index >= 15 is 0 Å². The highest BCUT2D eigenvalue weighted by Crippen LogP contribution is 2.26. The molecular formula is C23H22BrN3O4. The van der Waals surface area contributed by atoms with Gasteiger partial charge >= 0.3 is 0 Å². The fraction of sp³-hybridized carbons (Fsp3) is 0.304. The van der Waals surface area contributed by atoms with Crippen LogP contribution in [0.5, 0.6) is 0 Å². The number of halogens is 1. The third-order valence-electron chi connectivity index (χ3n) is 5.47. The van der Waals surface area contributed by atoms with Gasteiger partial charge < -0.3 is 10.2 Å². The Bertz CT molecular complexity index is 1070. The average molecular weight is 484 g/mol. The molecule has 0 saturated carbocycles. The average Bonchev–Trinajstić information content (AvgIpc) is 3.24. The van der Waals surface area contributed by atoms with Crippen molar-refractivity contribution < 1.29 is 19.2 Å². The molecule has 160 valence electrons. The SMILES string of the molecule is O=C(CCCN1C(=O)c2ccc(Br)cc2C1=O)Nc1cccc(CN2CCCC2=O)c1. The molecule has 1 saturated heterocycles. The Morgan fingerprint density at radius 3 is 2.61 bits per heavy atom. The van der Waals surface area contributed by atoms with Crippen molar-refractivity contribution in [2.24, 2.45) is 0 Å². The standard InChI is InChI=1S/C23H22BrN3O4/c24-16-8-9-18-19(13-16)23(31)27(22(18)30)11-2-6-20(28)25-17-5-1-4-15(12-17)14-26-10-3-7-21(26)29/h1,4-5,8-9,12-13H,2-3,6-7,10-11,14H2,(H,25,28). The second kappa shape index (κ2) is 9.01. The van der Waals surface area contributed by atoms with Gasteiger partial charge in [-0.3, -0.25) is 24.1 Å². The second-order valence-electron chi connectivity index (χ2n) is 7.72. The van der Waals surface area contributed by atoms with E-state index in [9.17, 15) is 19.2 Å². The highest BCUT2D eigenvalue weighted by molar-refractivity contribution is 9.10. The fourth-order valence-electron chi connectivity index (χ4n) is 3.93. The van der Waals surface area contributed by atoms with Gasteiger partial charge in [-0.25, -0.2) is 0 Å². The topological polar surface area (TPSA) is 86.8 Å². The summed E-state index contributed by atoms with van der Waals surface area (Å²) in [4.78, 5) is 52.1. The summed E-state index contributed by atoms with van der Waals surface area (Å²) in [6.07, 6.45) is 2.05. The molecule has 1 N–H and O–H groups in total. The number of nitrogens with one attached hydrogen (secondary N) is 1. The number of hydrogen-bond acceptors (Lipinski definition) is 4. The summed E-state index contributed by atoms with van der Waals surface area (Å²) < 4.78 is 0.741. The Balaban J connectivity index is 1.28. The number of hydrogen-bond donors (Lipinski definition) is 1. The van der Waals surface area contributed by atoms with Crippen molar-refractivity contribution in [1.29, 1.82) is 0 Å². The lowest BCUT2D eigenvalue weighted by Gasteiger charge is -2.16. The fourth-order valence-corrected chi connectivity index (χ4v) is 4.29. The number of amides is 4. The van der Waals surface area contributed by atoms with Gasteiger partial charge in [-0.2, -0.15) is 0 Å². The van der Waals surface area contributed by atoms with Gasteiger partial charge in [-0.15, -0.1) is 0 Å². The molecule has 0 bridgehead atoms. The van der Waals surface area contributed by atoms with Gasteiger partial charge in [0.2, 0.25) is 11.8 Å². The molecule has 0 aliphatic carbocycles. The van der Waals surface area contributed by atoms with Gasteiger partial charge in [0, 0.05) is 42.6 Å². The number of anilines is 1. The van der Waals surface area contributed by atoms with Gasteiger partial charge in [0.25, 0.3) is 11.8 Å². The molecule has 2 aliphatic rings. The van der Waals surface area contributed by atoms with E-state index in [1.165, 1.54) is 4.90 Å². The Labute approximate surface area is 188 Å². The first-order valence-electron chi connectivity index (χ1n) is 10.2. The summed E-state index contributed by atoms with van der Waals surface area (Å²) >= 11 is 3.31.